The van der Waals surface area contributed by atoms with Crippen molar-refractivity contribution in [1.82, 2.24) is 24.7 Å². The molecule has 1 atom stereocenters. The highest BCUT2D eigenvalue weighted by Gasteiger charge is 2.36. The van der Waals surface area contributed by atoms with E-state index in [1.807, 2.05) is 17.8 Å². The molecule has 3 heterocycles. The average molecular weight is 379 g/mol. The van der Waals surface area contributed by atoms with E-state index in [0.29, 0.717) is 30.8 Å². The van der Waals surface area contributed by atoms with E-state index in [-0.39, 0.29) is 30.0 Å². The number of rotatable bonds is 4. The smallest absolute Gasteiger partial charge is 0.261 e. The molecule has 8 heteroatoms. The molecule has 0 spiro atoms. The summed E-state index contributed by atoms with van der Waals surface area (Å²) in [6, 6.07) is 4.49. The Kier molecular flexibility index (Phi) is 4.56. The van der Waals surface area contributed by atoms with Gasteiger partial charge < -0.3 is 14.8 Å². The minimum Gasteiger partial charge on any atom is -0.336 e. The Morgan fingerprint density at radius 1 is 1.32 bits per heavy atom. The van der Waals surface area contributed by atoms with Crippen LogP contribution in [0.2, 0.25) is 0 Å². The second-order valence-corrected chi connectivity index (χ2v) is 6.88. The summed E-state index contributed by atoms with van der Waals surface area (Å²) in [6.45, 7) is 5.55. The quantitative estimate of drug-likeness (QED) is 0.632. The van der Waals surface area contributed by atoms with Crippen LogP contribution in [0, 0.1) is 0 Å². The van der Waals surface area contributed by atoms with E-state index in [0.717, 1.165) is 10.7 Å². The summed E-state index contributed by atoms with van der Waals surface area (Å²) in [6.07, 6.45) is 5.06. The molecule has 1 fully saturated rings. The van der Waals surface area contributed by atoms with Gasteiger partial charge in [0, 0.05) is 51.2 Å². The highest BCUT2D eigenvalue weighted by molar-refractivity contribution is 6.22. The number of imide groups is 1. The van der Waals surface area contributed by atoms with Gasteiger partial charge in [0.2, 0.25) is 0 Å². The fraction of sp³-hybridized carbons (Fsp3) is 0.300. The zero-order valence-electron chi connectivity index (χ0n) is 15.6. The van der Waals surface area contributed by atoms with Crippen molar-refractivity contribution < 1.29 is 14.4 Å². The Morgan fingerprint density at radius 3 is 2.82 bits per heavy atom. The van der Waals surface area contributed by atoms with E-state index in [4.69, 9.17) is 0 Å². The molecular formula is C20H21N5O3. The Morgan fingerprint density at radius 2 is 2.11 bits per heavy atom. The number of fused-ring (bicyclic) bond motifs is 1. The van der Waals surface area contributed by atoms with Crippen LogP contribution in [0.15, 0.2) is 43.2 Å². The minimum absolute atomic E-state index is 0.147. The molecule has 3 amide bonds. The van der Waals surface area contributed by atoms with Crippen LogP contribution in [-0.4, -0.2) is 63.3 Å². The van der Waals surface area contributed by atoms with Crippen LogP contribution in [0.25, 0.3) is 0 Å². The van der Waals surface area contributed by atoms with E-state index < -0.39 is 5.91 Å². The molecule has 1 N–H and O–H groups in total. The lowest BCUT2D eigenvalue weighted by atomic mass is 10.0. The maximum Gasteiger partial charge on any atom is 0.261 e. The van der Waals surface area contributed by atoms with Crippen molar-refractivity contribution >= 4 is 17.7 Å². The number of carbonyl (C=O) groups is 3. The molecule has 144 valence electrons. The van der Waals surface area contributed by atoms with Crippen LogP contribution in [0.1, 0.15) is 42.9 Å². The topological polar surface area (TPSA) is 87.5 Å². The minimum atomic E-state index is -0.393. The number of imidazole rings is 1. The van der Waals surface area contributed by atoms with Gasteiger partial charge in [0.1, 0.15) is 11.9 Å². The predicted octanol–water partition coefficient (Wildman–Crippen LogP) is 0.989. The molecule has 2 aliphatic heterocycles. The second kappa shape index (κ2) is 7.05. The third-order valence-electron chi connectivity index (χ3n) is 5.19. The summed E-state index contributed by atoms with van der Waals surface area (Å²) >= 11 is 0. The molecule has 0 aliphatic carbocycles. The molecule has 2 aromatic rings. The fourth-order valence-corrected chi connectivity index (χ4v) is 3.76. The number of carbonyl (C=O) groups excluding carboxylic acids is 3. The van der Waals surface area contributed by atoms with Crippen LogP contribution in [-0.2, 0) is 7.05 Å². The number of hydrogen-bond acceptors (Lipinski definition) is 5. The normalized spacial score (nSPS) is 19.1. The summed E-state index contributed by atoms with van der Waals surface area (Å²) in [5.41, 5.74) is 0.979. The van der Waals surface area contributed by atoms with E-state index in [9.17, 15) is 14.4 Å². The molecule has 1 aromatic carbocycles. The number of benzene rings is 1. The Balaban J connectivity index is 1.66. The van der Waals surface area contributed by atoms with Crippen molar-refractivity contribution in [2.45, 2.75) is 6.04 Å². The number of nitrogens with zero attached hydrogens (tertiary/aromatic N) is 4. The highest BCUT2D eigenvalue weighted by Crippen LogP contribution is 2.27. The van der Waals surface area contributed by atoms with E-state index in [2.05, 4.69) is 16.9 Å². The Bertz CT molecular complexity index is 980. The molecule has 28 heavy (non-hydrogen) atoms. The van der Waals surface area contributed by atoms with E-state index >= 15 is 0 Å². The van der Waals surface area contributed by atoms with Gasteiger partial charge in [-0.2, -0.15) is 0 Å². The maximum absolute atomic E-state index is 13.2. The molecule has 0 bridgehead atoms. The second-order valence-electron chi connectivity index (χ2n) is 6.88. The van der Waals surface area contributed by atoms with Gasteiger partial charge in [-0.05, 0) is 18.2 Å². The number of piperazine rings is 1. The zero-order valence-corrected chi connectivity index (χ0v) is 15.6. The molecule has 0 saturated carbocycles. The molecule has 0 radical (unpaired) electrons. The Hall–Kier alpha value is -3.26. The molecule has 2 aliphatic rings. The van der Waals surface area contributed by atoms with Crippen LogP contribution in [0.4, 0.5) is 0 Å². The molecule has 4 rings (SSSR count). The summed E-state index contributed by atoms with van der Waals surface area (Å²) in [5, 5.41) is 3.30. The van der Waals surface area contributed by atoms with Gasteiger partial charge in [-0.25, -0.2) is 4.98 Å². The van der Waals surface area contributed by atoms with Crippen molar-refractivity contribution in [2.24, 2.45) is 7.05 Å². The number of aromatic nitrogens is 2. The van der Waals surface area contributed by atoms with Gasteiger partial charge in [0.05, 0.1) is 11.1 Å². The largest absolute Gasteiger partial charge is 0.336 e. The number of aryl methyl sites for hydroxylation is 1. The van der Waals surface area contributed by atoms with Crippen molar-refractivity contribution in [3.63, 3.8) is 0 Å². The molecular weight excluding hydrogens is 358 g/mol. The van der Waals surface area contributed by atoms with E-state index in [1.54, 1.807) is 23.2 Å². The van der Waals surface area contributed by atoms with Crippen molar-refractivity contribution in [3.8, 4) is 0 Å². The maximum atomic E-state index is 13.2. The van der Waals surface area contributed by atoms with E-state index in [1.165, 1.54) is 12.1 Å². The van der Waals surface area contributed by atoms with Gasteiger partial charge in [-0.1, -0.05) is 6.08 Å². The van der Waals surface area contributed by atoms with Gasteiger partial charge >= 0.3 is 0 Å². The Labute approximate surface area is 162 Å². The number of nitrogens with one attached hydrogen (secondary N) is 1. The molecule has 1 aromatic heterocycles. The first-order valence-electron chi connectivity index (χ1n) is 9.13. The SMILES string of the molecule is C=CCN1C(=O)c2ccc(C(=O)N3CCNCC3c3nccn3C)cc2C1=O. The lowest BCUT2D eigenvalue weighted by molar-refractivity contribution is 0.0620. The third kappa shape index (κ3) is 2.82. The summed E-state index contributed by atoms with van der Waals surface area (Å²) in [7, 11) is 1.90. The number of hydrogen-bond donors (Lipinski definition) is 1. The standard InChI is InChI=1S/C20H21N5O3/c1-3-8-25-19(27)14-5-4-13(11-15(14)20(25)28)18(26)24-10-6-21-12-16(24)17-22-7-9-23(17)2/h3-5,7,9,11,16,21H,1,6,8,10,12H2,2H3. The zero-order chi connectivity index (χ0) is 19.8. The van der Waals surface area contributed by atoms with Crippen molar-refractivity contribution in [3.05, 3.63) is 65.8 Å². The summed E-state index contributed by atoms with van der Waals surface area (Å²) < 4.78 is 1.90. The predicted molar refractivity (Wildman–Crippen MR) is 102 cm³/mol. The lowest BCUT2D eigenvalue weighted by Crippen LogP contribution is -2.49. The van der Waals surface area contributed by atoms with Gasteiger partial charge in [0.25, 0.3) is 17.7 Å². The summed E-state index contributed by atoms with van der Waals surface area (Å²) in [5.74, 6) is -0.132. The van der Waals surface area contributed by atoms with Crippen LogP contribution in [0.3, 0.4) is 0 Å². The monoisotopic (exact) mass is 379 g/mol. The van der Waals surface area contributed by atoms with Gasteiger partial charge in [-0.3, -0.25) is 19.3 Å². The van der Waals surface area contributed by atoms with Crippen LogP contribution >= 0.6 is 0 Å². The van der Waals surface area contributed by atoms with Gasteiger partial charge in [0.15, 0.2) is 0 Å². The first-order chi connectivity index (χ1) is 13.5. The van der Waals surface area contributed by atoms with Gasteiger partial charge in [-0.15, -0.1) is 6.58 Å². The number of amides is 3. The van der Waals surface area contributed by atoms with Crippen LogP contribution < -0.4 is 5.32 Å². The first-order valence-corrected chi connectivity index (χ1v) is 9.13. The van der Waals surface area contributed by atoms with Crippen molar-refractivity contribution in [2.75, 3.05) is 26.2 Å². The fourth-order valence-electron chi connectivity index (χ4n) is 3.76. The average Bonchev–Trinajstić information content (AvgIpc) is 3.24. The molecule has 8 nitrogen and oxygen atoms in total. The highest BCUT2D eigenvalue weighted by atomic mass is 16.2. The lowest BCUT2D eigenvalue weighted by Gasteiger charge is -2.35. The first kappa shape index (κ1) is 18.1. The third-order valence-corrected chi connectivity index (χ3v) is 5.19. The molecule has 1 saturated heterocycles. The van der Waals surface area contributed by atoms with Crippen molar-refractivity contribution in [1.29, 1.82) is 0 Å². The molecule has 1 unspecified atom stereocenters. The van der Waals surface area contributed by atoms with Crippen LogP contribution in [0.5, 0.6) is 0 Å². The summed E-state index contributed by atoms with van der Waals surface area (Å²) in [4.78, 5) is 45.5.